The van der Waals surface area contributed by atoms with E-state index in [2.05, 4.69) is 16.4 Å². The number of thiazole rings is 1. The third-order valence-corrected chi connectivity index (χ3v) is 7.39. The zero-order valence-corrected chi connectivity index (χ0v) is 17.0. The maximum atomic E-state index is 12.9. The highest BCUT2D eigenvalue weighted by atomic mass is 32.2. The van der Waals surface area contributed by atoms with Gasteiger partial charge < -0.3 is 5.32 Å². The van der Waals surface area contributed by atoms with Gasteiger partial charge in [0.25, 0.3) is 0 Å². The largest absolute Gasteiger partial charge is 0.360 e. The van der Waals surface area contributed by atoms with Crippen molar-refractivity contribution >= 4 is 32.6 Å². The summed E-state index contributed by atoms with van der Waals surface area (Å²) in [4.78, 5) is 4.59. The van der Waals surface area contributed by atoms with Gasteiger partial charge in [0, 0.05) is 36.1 Å². The highest BCUT2D eigenvalue weighted by Crippen LogP contribution is 2.26. The molecule has 1 aromatic heterocycles. The number of anilines is 1. The molecule has 27 heavy (non-hydrogen) atoms. The maximum absolute atomic E-state index is 12.9. The Morgan fingerprint density at radius 2 is 2.04 bits per heavy atom. The van der Waals surface area contributed by atoms with Crippen LogP contribution in [-0.4, -0.2) is 30.8 Å². The van der Waals surface area contributed by atoms with Crippen LogP contribution >= 0.6 is 11.3 Å². The van der Waals surface area contributed by atoms with Crippen LogP contribution in [-0.2, 0) is 10.0 Å². The lowest BCUT2D eigenvalue weighted by Gasteiger charge is -2.26. The number of nitrogens with zero attached hydrogens (tertiary/aromatic N) is 3. The normalized spacial score (nSPS) is 16.1. The second-order valence-corrected chi connectivity index (χ2v) is 9.35. The summed E-state index contributed by atoms with van der Waals surface area (Å²) in [5.74, 6) is 0. The van der Waals surface area contributed by atoms with E-state index in [9.17, 15) is 13.7 Å². The Bertz CT molecular complexity index is 997. The van der Waals surface area contributed by atoms with Crippen LogP contribution in [0.3, 0.4) is 0 Å². The van der Waals surface area contributed by atoms with E-state index in [0.29, 0.717) is 29.4 Å². The summed E-state index contributed by atoms with van der Waals surface area (Å²) >= 11 is 1.40. The van der Waals surface area contributed by atoms with Gasteiger partial charge in [0.2, 0.25) is 10.0 Å². The number of allylic oxidation sites excluding steroid dienone is 1. The van der Waals surface area contributed by atoms with Crippen molar-refractivity contribution in [2.45, 2.75) is 38.0 Å². The molecule has 6 nitrogen and oxygen atoms in total. The number of nitriles is 1. The molecule has 0 aliphatic carbocycles. The number of benzene rings is 1. The third kappa shape index (κ3) is 4.38. The molecule has 1 aromatic carbocycles. The molecule has 2 aromatic rings. The molecule has 2 heterocycles. The predicted molar refractivity (Wildman–Crippen MR) is 108 cm³/mol. The monoisotopic (exact) mass is 402 g/mol. The van der Waals surface area contributed by atoms with Gasteiger partial charge in [-0.25, -0.2) is 13.4 Å². The Morgan fingerprint density at radius 1 is 1.30 bits per heavy atom. The van der Waals surface area contributed by atoms with Gasteiger partial charge in [-0.1, -0.05) is 12.5 Å². The topological polar surface area (TPSA) is 86.1 Å². The van der Waals surface area contributed by atoms with Crippen molar-refractivity contribution in [3.05, 3.63) is 46.0 Å². The Hall–Kier alpha value is -2.21. The quantitative estimate of drug-likeness (QED) is 0.766. The van der Waals surface area contributed by atoms with Crippen LogP contribution < -0.4 is 5.32 Å². The average Bonchev–Trinajstić information content (AvgIpc) is 3.10. The van der Waals surface area contributed by atoms with E-state index in [1.165, 1.54) is 11.3 Å². The molecular formula is C19H22N4O2S2. The molecule has 0 atom stereocenters. The van der Waals surface area contributed by atoms with Crippen LogP contribution in [0.2, 0.25) is 0 Å². The molecule has 0 radical (unpaired) electrons. The Kier molecular flexibility index (Phi) is 5.95. The first-order valence-electron chi connectivity index (χ1n) is 8.82. The lowest BCUT2D eigenvalue weighted by molar-refractivity contribution is 0.346. The van der Waals surface area contributed by atoms with E-state index in [1.54, 1.807) is 28.7 Å². The first-order chi connectivity index (χ1) is 12.9. The summed E-state index contributed by atoms with van der Waals surface area (Å²) in [6.45, 7) is 4.91. The SMILES string of the molecule is Cc1csc(/C(C#N)=C/Nc2cc(S(=O)(=O)N3CCCCC3)ccc2C)n1. The van der Waals surface area contributed by atoms with Gasteiger partial charge in [-0.2, -0.15) is 9.57 Å². The van der Waals surface area contributed by atoms with Crippen LogP contribution in [0.25, 0.3) is 5.57 Å². The molecule has 1 saturated heterocycles. The number of aryl methyl sites for hydroxylation is 2. The molecule has 0 unspecified atom stereocenters. The Balaban J connectivity index is 1.87. The molecule has 1 aliphatic heterocycles. The minimum absolute atomic E-state index is 0.273. The van der Waals surface area contributed by atoms with Gasteiger partial charge in [0.05, 0.1) is 4.90 Å². The van der Waals surface area contributed by atoms with E-state index < -0.39 is 10.0 Å². The van der Waals surface area contributed by atoms with Crippen molar-refractivity contribution in [3.8, 4) is 6.07 Å². The highest BCUT2D eigenvalue weighted by molar-refractivity contribution is 7.89. The van der Waals surface area contributed by atoms with Crippen molar-refractivity contribution in [1.82, 2.24) is 9.29 Å². The third-order valence-electron chi connectivity index (χ3n) is 4.50. The van der Waals surface area contributed by atoms with Gasteiger partial charge >= 0.3 is 0 Å². The maximum Gasteiger partial charge on any atom is 0.243 e. The lowest BCUT2D eigenvalue weighted by atomic mass is 10.2. The van der Waals surface area contributed by atoms with Crippen LogP contribution in [0.1, 0.15) is 35.5 Å². The van der Waals surface area contributed by atoms with Crippen molar-refractivity contribution in [2.75, 3.05) is 18.4 Å². The lowest BCUT2D eigenvalue weighted by Crippen LogP contribution is -2.35. The number of nitrogens with one attached hydrogen (secondary N) is 1. The predicted octanol–water partition coefficient (Wildman–Crippen LogP) is 3.91. The molecule has 1 fully saturated rings. The van der Waals surface area contributed by atoms with E-state index in [4.69, 9.17) is 0 Å². The number of hydrogen-bond acceptors (Lipinski definition) is 6. The molecule has 1 N–H and O–H groups in total. The van der Waals surface area contributed by atoms with E-state index in [0.717, 1.165) is 30.5 Å². The molecule has 0 amide bonds. The molecule has 142 valence electrons. The molecule has 0 saturated carbocycles. The Labute approximate surface area is 164 Å². The zero-order chi connectivity index (χ0) is 19.4. The fourth-order valence-corrected chi connectivity index (χ4v) is 5.25. The summed E-state index contributed by atoms with van der Waals surface area (Å²) < 4.78 is 27.3. The van der Waals surface area contributed by atoms with Crippen LogP contribution in [0.15, 0.2) is 34.7 Å². The number of rotatable bonds is 5. The van der Waals surface area contributed by atoms with Crippen molar-refractivity contribution in [3.63, 3.8) is 0 Å². The first-order valence-corrected chi connectivity index (χ1v) is 11.1. The van der Waals surface area contributed by atoms with Gasteiger partial charge in [-0.3, -0.25) is 0 Å². The molecule has 1 aliphatic rings. The van der Waals surface area contributed by atoms with Crippen molar-refractivity contribution in [1.29, 1.82) is 5.26 Å². The molecule has 0 spiro atoms. The summed E-state index contributed by atoms with van der Waals surface area (Å²) in [5.41, 5.74) is 2.84. The second-order valence-electron chi connectivity index (χ2n) is 6.55. The molecular weight excluding hydrogens is 380 g/mol. The molecule has 0 bridgehead atoms. The van der Waals surface area contributed by atoms with Gasteiger partial charge in [0.1, 0.15) is 16.6 Å². The molecule has 3 rings (SSSR count). The Morgan fingerprint density at radius 3 is 2.67 bits per heavy atom. The number of aromatic nitrogens is 1. The van der Waals surface area contributed by atoms with E-state index in [-0.39, 0.29) is 4.90 Å². The van der Waals surface area contributed by atoms with Gasteiger partial charge in [-0.05, 0) is 44.4 Å². The average molecular weight is 403 g/mol. The number of sulfonamides is 1. The fraction of sp³-hybridized carbons (Fsp3) is 0.368. The van der Waals surface area contributed by atoms with Crippen LogP contribution in [0.4, 0.5) is 5.69 Å². The summed E-state index contributed by atoms with van der Waals surface area (Å²) in [5, 5.41) is 15.0. The van der Waals surface area contributed by atoms with Crippen molar-refractivity contribution in [2.24, 2.45) is 0 Å². The van der Waals surface area contributed by atoms with Gasteiger partial charge in [-0.15, -0.1) is 11.3 Å². The second kappa shape index (κ2) is 8.21. The summed E-state index contributed by atoms with van der Waals surface area (Å²) in [6.07, 6.45) is 4.46. The molecule has 8 heteroatoms. The fourth-order valence-electron chi connectivity index (χ4n) is 2.94. The first kappa shape index (κ1) is 19.5. The van der Waals surface area contributed by atoms with Gasteiger partial charge in [0.15, 0.2) is 0 Å². The van der Waals surface area contributed by atoms with Crippen LogP contribution in [0, 0.1) is 25.2 Å². The van der Waals surface area contributed by atoms with Crippen molar-refractivity contribution < 1.29 is 8.42 Å². The van der Waals surface area contributed by atoms with E-state index >= 15 is 0 Å². The standard InChI is InChI=1S/C19H22N4O2S2/c1-14-6-7-17(27(24,25)23-8-4-3-5-9-23)10-18(14)21-12-16(11-20)19-22-15(2)13-26-19/h6-7,10,12-13,21H,3-5,8-9H2,1-2H3/b16-12+. The summed E-state index contributed by atoms with van der Waals surface area (Å²) in [6, 6.07) is 7.20. The van der Waals surface area contributed by atoms with Crippen LogP contribution in [0.5, 0.6) is 0 Å². The van der Waals surface area contributed by atoms with E-state index in [1.807, 2.05) is 19.2 Å². The number of hydrogen-bond donors (Lipinski definition) is 1. The minimum atomic E-state index is -3.50. The zero-order valence-electron chi connectivity index (χ0n) is 15.4. The summed E-state index contributed by atoms with van der Waals surface area (Å²) in [7, 11) is -3.50. The smallest absolute Gasteiger partial charge is 0.243 e. The minimum Gasteiger partial charge on any atom is -0.360 e. The number of piperidine rings is 1. The highest BCUT2D eigenvalue weighted by Gasteiger charge is 2.26.